The van der Waals surface area contributed by atoms with Gasteiger partial charge >= 0.3 is 0 Å². The molecule has 0 heterocycles. The minimum absolute atomic E-state index is 0.122. The van der Waals surface area contributed by atoms with Gasteiger partial charge in [-0.25, -0.2) is 0 Å². The van der Waals surface area contributed by atoms with Crippen molar-refractivity contribution in [3.05, 3.63) is 0 Å². The molecule has 3 nitrogen and oxygen atoms in total. The van der Waals surface area contributed by atoms with Crippen molar-refractivity contribution in [3.8, 4) is 0 Å². The smallest absolute Gasteiger partial charge is 0.217 e. The summed E-state index contributed by atoms with van der Waals surface area (Å²) in [4.78, 5) is 20.8. The molecule has 0 rings (SSSR count). The van der Waals surface area contributed by atoms with Crippen molar-refractivity contribution in [1.82, 2.24) is 5.32 Å². The van der Waals surface area contributed by atoms with Gasteiger partial charge in [0.2, 0.25) is 5.91 Å². The lowest BCUT2D eigenvalue weighted by Crippen LogP contribution is -2.35. The first-order chi connectivity index (χ1) is 5.06. The van der Waals surface area contributed by atoms with E-state index in [9.17, 15) is 9.59 Å². The summed E-state index contributed by atoms with van der Waals surface area (Å²) in [6, 6.07) is -0.389. The summed E-state index contributed by atoms with van der Waals surface area (Å²) in [5.41, 5.74) is 0. The number of aldehydes is 1. The minimum atomic E-state index is -0.389. The van der Waals surface area contributed by atoms with Crippen molar-refractivity contribution >= 4 is 24.8 Å². The van der Waals surface area contributed by atoms with E-state index in [4.69, 9.17) is 0 Å². The Labute approximate surface area is 72.0 Å². The second-order valence-corrected chi connectivity index (χ2v) is 3.41. The standard InChI is InChI=1S/C7H13NO2S/c1-5(11)3-7(4-9)8-6(2)10/h4-5,7,11H,3H2,1-2H3,(H,8,10). The van der Waals surface area contributed by atoms with Crippen LogP contribution in [0.4, 0.5) is 0 Å². The molecule has 0 aromatic carbocycles. The van der Waals surface area contributed by atoms with E-state index in [1.165, 1.54) is 6.92 Å². The van der Waals surface area contributed by atoms with Gasteiger partial charge in [0.1, 0.15) is 6.29 Å². The van der Waals surface area contributed by atoms with Gasteiger partial charge in [0.25, 0.3) is 0 Å². The molecule has 1 N–H and O–H groups in total. The highest BCUT2D eigenvalue weighted by Crippen LogP contribution is 2.01. The van der Waals surface area contributed by atoms with Crippen LogP contribution in [-0.2, 0) is 9.59 Å². The van der Waals surface area contributed by atoms with Gasteiger partial charge in [-0.05, 0) is 6.42 Å². The first-order valence-electron chi connectivity index (χ1n) is 3.46. The summed E-state index contributed by atoms with van der Waals surface area (Å²) in [6.07, 6.45) is 1.31. The molecule has 64 valence electrons. The molecule has 0 aliphatic rings. The van der Waals surface area contributed by atoms with Crippen molar-refractivity contribution in [2.75, 3.05) is 0 Å². The van der Waals surface area contributed by atoms with Gasteiger partial charge < -0.3 is 10.1 Å². The average Bonchev–Trinajstić information content (AvgIpc) is 1.84. The lowest BCUT2D eigenvalue weighted by molar-refractivity contribution is -0.122. The molecule has 0 aliphatic carbocycles. The fourth-order valence-corrected chi connectivity index (χ4v) is 1.00. The maximum Gasteiger partial charge on any atom is 0.217 e. The maximum absolute atomic E-state index is 10.5. The molecule has 1 amide bonds. The van der Waals surface area contributed by atoms with Crippen LogP contribution in [0.15, 0.2) is 0 Å². The average molecular weight is 175 g/mol. The molecule has 0 radical (unpaired) electrons. The van der Waals surface area contributed by atoms with E-state index in [2.05, 4.69) is 17.9 Å². The predicted octanol–water partition coefficient (Wildman–Crippen LogP) is 0.398. The van der Waals surface area contributed by atoms with E-state index in [1.54, 1.807) is 0 Å². The van der Waals surface area contributed by atoms with E-state index in [0.29, 0.717) is 6.42 Å². The van der Waals surface area contributed by atoms with E-state index in [1.807, 2.05) is 6.92 Å². The van der Waals surface area contributed by atoms with Crippen molar-refractivity contribution in [3.63, 3.8) is 0 Å². The Hall–Kier alpha value is -0.510. The van der Waals surface area contributed by atoms with Crippen molar-refractivity contribution < 1.29 is 9.59 Å². The molecule has 0 aliphatic heterocycles. The number of hydrogen-bond acceptors (Lipinski definition) is 3. The molecule has 11 heavy (non-hydrogen) atoms. The van der Waals surface area contributed by atoms with E-state index >= 15 is 0 Å². The molecule has 0 saturated carbocycles. The van der Waals surface area contributed by atoms with Crippen LogP contribution in [0.25, 0.3) is 0 Å². The van der Waals surface area contributed by atoms with Gasteiger partial charge in [0.15, 0.2) is 0 Å². The minimum Gasteiger partial charge on any atom is -0.347 e. The number of amides is 1. The zero-order valence-electron chi connectivity index (χ0n) is 6.70. The number of hydrogen-bond donors (Lipinski definition) is 2. The van der Waals surface area contributed by atoms with Gasteiger partial charge in [0, 0.05) is 12.2 Å². The van der Waals surface area contributed by atoms with Gasteiger partial charge in [-0.2, -0.15) is 12.6 Å². The number of thiol groups is 1. The Morgan fingerprint density at radius 3 is 2.55 bits per heavy atom. The molecular formula is C7H13NO2S. The first-order valence-corrected chi connectivity index (χ1v) is 3.98. The molecular weight excluding hydrogens is 162 g/mol. The summed E-state index contributed by atoms with van der Waals surface area (Å²) >= 11 is 4.10. The van der Waals surface area contributed by atoms with Crippen LogP contribution in [0.5, 0.6) is 0 Å². The third kappa shape index (κ3) is 5.91. The van der Waals surface area contributed by atoms with Crippen LogP contribution >= 0.6 is 12.6 Å². The maximum atomic E-state index is 10.5. The summed E-state index contributed by atoms with van der Waals surface area (Å²) < 4.78 is 0. The number of carbonyl (C=O) groups is 2. The normalized spacial score (nSPS) is 15.2. The predicted molar refractivity (Wildman–Crippen MR) is 46.7 cm³/mol. The fourth-order valence-electron chi connectivity index (χ4n) is 0.777. The summed E-state index contributed by atoms with van der Waals surface area (Å²) in [6.45, 7) is 3.26. The molecule has 2 atom stereocenters. The summed E-state index contributed by atoms with van der Waals surface area (Å²) in [5.74, 6) is -0.184. The zero-order chi connectivity index (χ0) is 8.85. The monoisotopic (exact) mass is 175 g/mol. The molecule has 0 bridgehead atoms. The topological polar surface area (TPSA) is 46.2 Å². The third-order valence-electron chi connectivity index (χ3n) is 1.15. The molecule has 2 unspecified atom stereocenters. The van der Waals surface area contributed by atoms with Crippen LogP contribution in [0.2, 0.25) is 0 Å². The van der Waals surface area contributed by atoms with Crippen LogP contribution in [0.3, 0.4) is 0 Å². The van der Waals surface area contributed by atoms with Crippen LogP contribution in [0.1, 0.15) is 20.3 Å². The highest BCUT2D eigenvalue weighted by molar-refractivity contribution is 7.80. The molecule has 0 fully saturated rings. The lowest BCUT2D eigenvalue weighted by atomic mass is 10.2. The molecule has 0 aromatic heterocycles. The van der Waals surface area contributed by atoms with Crippen LogP contribution in [0, 0.1) is 0 Å². The highest BCUT2D eigenvalue weighted by Gasteiger charge is 2.09. The van der Waals surface area contributed by atoms with E-state index in [0.717, 1.165) is 6.29 Å². The number of rotatable bonds is 4. The van der Waals surface area contributed by atoms with E-state index < -0.39 is 0 Å². The Bertz CT molecular complexity index is 147. The van der Waals surface area contributed by atoms with Crippen LogP contribution < -0.4 is 5.32 Å². The van der Waals surface area contributed by atoms with Crippen molar-refractivity contribution in [1.29, 1.82) is 0 Å². The highest BCUT2D eigenvalue weighted by atomic mass is 32.1. The van der Waals surface area contributed by atoms with Gasteiger partial charge in [0.05, 0.1) is 6.04 Å². The largest absolute Gasteiger partial charge is 0.347 e. The van der Waals surface area contributed by atoms with E-state index in [-0.39, 0.29) is 17.2 Å². The number of nitrogens with one attached hydrogen (secondary N) is 1. The van der Waals surface area contributed by atoms with Gasteiger partial charge in [-0.15, -0.1) is 0 Å². The molecule has 0 saturated heterocycles. The molecule has 0 aromatic rings. The summed E-state index contributed by atoms with van der Waals surface area (Å²) in [7, 11) is 0. The van der Waals surface area contributed by atoms with Gasteiger partial charge in [-0.3, -0.25) is 4.79 Å². The first kappa shape index (κ1) is 10.5. The SMILES string of the molecule is CC(=O)NC(C=O)CC(C)S. The zero-order valence-corrected chi connectivity index (χ0v) is 7.60. The third-order valence-corrected chi connectivity index (χ3v) is 1.36. The Morgan fingerprint density at radius 2 is 2.27 bits per heavy atom. The van der Waals surface area contributed by atoms with Crippen LogP contribution in [-0.4, -0.2) is 23.5 Å². The Morgan fingerprint density at radius 1 is 1.73 bits per heavy atom. The fraction of sp³-hybridized carbons (Fsp3) is 0.714. The second-order valence-electron chi connectivity index (χ2n) is 2.53. The Kier molecular flexibility index (Phi) is 4.94. The molecule has 0 spiro atoms. The number of carbonyl (C=O) groups excluding carboxylic acids is 2. The summed E-state index contributed by atoms with van der Waals surface area (Å²) in [5, 5.41) is 2.63. The van der Waals surface area contributed by atoms with Gasteiger partial charge in [-0.1, -0.05) is 6.92 Å². The second kappa shape index (κ2) is 5.18. The quantitative estimate of drug-likeness (QED) is 0.480. The molecule has 4 heteroatoms. The lowest BCUT2D eigenvalue weighted by Gasteiger charge is -2.12. The Balaban J connectivity index is 3.76. The van der Waals surface area contributed by atoms with Crippen molar-refractivity contribution in [2.24, 2.45) is 0 Å². The van der Waals surface area contributed by atoms with Crippen molar-refractivity contribution in [2.45, 2.75) is 31.6 Å².